The van der Waals surface area contributed by atoms with Gasteiger partial charge < -0.3 is 14.1 Å². The third-order valence-electron chi connectivity index (χ3n) is 4.14. The van der Waals surface area contributed by atoms with Crippen molar-refractivity contribution in [2.75, 3.05) is 28.6 Å². The fourth-order valence-electron chi connectivity index (χ4n) is 3.09. The molecule has 0 amide bonds. The predicted molar refractivity (Wildman–Crippen MR) is 95.3 cm³/mol. The highest BCUT2D eigenvalue weighted by Gasteiger charge is 2.40. The summed E-state index contributed by atoms with van der Waals surface area (Å²) in [5, 5.41) is 0. The van der Waals surface area contributed by atoms with E-state index >= 15 is 0 Å². The molecule has 0 atom stereocenters. The molecule has 1 aliphatic heterocycles. The van der Waals surface area contributed by atoms with Gasteiger partial charge in [0, 0.05) is 37.0 Å². The van der Waals surface area contributed by atoms with Gasteiger partial charge in [-0.1, -0.05) is 36.4 Å². The van der Waals surface area contributed by atoms with Crippen LogP contribution in [0.25, 0.3) is 0 Å². The summed E-state index contributed by atoms with van der Waals surface area (Å²) in [6, 6.07) is 19.7. The highest BCUT2D eigenvalue weighted by Crippen LogP contribution is 2.59. The molecule has 0 spiro atoms. The van der Waals surface area contributed by atoms with Crippen LogP contribution in [0.15, 0.2) is 60.7 Å². The molecule has 0 bridgehead atoms. The van der Waals surface area contributed by atoms with Crippen LogP contribution >= 0.6 is 7.44 Å². The summed E-state index contributed by atoms with van der Waals surface area (Å²) in [6.45, 7) is 1.51. The molecular formula is C18H21N2O2P. The quantitative estimate of drug-likeness (QED) is 0.610. The van der Waals surface area contributed by atoms with E-state index < -0.39 is 7.44 Å². The Morgan fingerprint density at radius 1 is 0.870 bits per heavy atom. The van der Waals surface area contributed by atoms with Crippen molar-refractivity contribution in [3.63, 3.8) is 0 Å². The second kappa shape index (κ2) is 7.01. The number of hydrogen-bond donors (Lipinski definition) is 0. The Bertz CT molecular complexity index is 639. The average molecular weight is 328 g/mol. The number of aldehydes is 1. The lowest BCUT2D eigenvalue weighted by atomic mass is 10.3. The summed E-state index contributed by atoms with van der Waals surface area (Å²) in [5.74, 6) is 0. The summed E-state index contributed by atoms with van der Waals surface area (Å²) in [7, 11) is -2.86. The van der Waals surface area contributed by atoms with Gasteiger partial charge in [-0.25, -0.2) is 0 Å². The topological polar surface area (TPSA) is 40.6 Å². The summed E-state index contributed by atoms with van der Waals surface area (Å²) >= 11 is 0. The van der Waals surface area contributed by atoms with Gasteiger partial charge in [0.1, 0.15) is 6.29 Å². The van der Waals surface area contributed by atoms with E-state index in [0.717, 1.165) is 37.2 Å². The number of carbonyl (C=O) groups is 1. The minimum absolute atomic E-state index is 0.309. The van der Waals surface area contributed by atoms with Crippen LogP contribution in [-0.2, 0) is 9.36 Å². The number of anilines is 2. The smallest absolute Gasteiger partial charge is 0.263 e. The van der Waals surface area contributed by atoms with Gasteiger partial charge in [-0.15, -0.1) is 0 Å². The van der Waals surface area contributed by atoms with Gasteiger partial charge in [0.15, 0.2) is 0 Å². The molecular weight excluding hydrogens is 307 g/mol. The first kappa shape index (κ1) is 15.8. The van der Waals surface area contributed by atoms with Crippen molar-refractivity contribution in [2.24, 2.45) is 0 Å². The second-order valence-corrected chi connectivity index (χ2v) is 8.36. The van der Waals surface area contributed by atoms with E-state index in [4.69, 9.17) is 0 Å². The summed E-state index contributed by atoms with van der Waals surface area (Å²) in [5.41, 5.74) is 1.92. The zero-order valence-electron chi connectivity index (χ0n) is 13.0. The molecule has 1 saturated heterocycles. The Morgan fingerprint density at radius 3 is 1.78 bits per heavy atom. The van der Waals surface area contributed by atoms with E-state index in [1.54, 1.807) is 0 Å². The van der Waals surface area contributed by atoms with E-state index in [0.29, 0.717) is 12.6 Å². The molecule has 0 saturated carbocycles. The molecule has 1 heterocycles. The van der Waals surface area contributed by atoms with Crippen LogP contribution in [0, 0.1) is 0 Å². The highest BCUT2D eigenvalue weighted by atomic mass is 31.2. The molecule has 23 heavy (non-hydrogen) atoms. The summed E-state index contributed by atoms with van der Waals surface area (Å²) < 4.78 is 18.0. The maximum atomic E-state index is 13.9. The van der Waals surface area contributed by atoms with Crippen molar-refractivity contribution in [3.8, 4) is 0 Å². The molecule has 2 aromatic rings. The minimum atomic E-state index is -2.86. The fourth-order valence-corrected chi connectivity index (χ4v) is 6.18. The summed E-state index contributed by atoms with van der Waals surface area (Å²) in [4.78, 5) is 10.9. The van der Waals surface area contributed by atoms with Crippen LogP contribution in [0.3, 0.4) is 0 Å². The standard InChI is InChI=1S/C18H21N2O2P/c21-15-8-16-23(22)19(17-9-3-1-4-10-17)13-7-14-20(23)18-11-5-2-6-12-18/h1-6,9-12,15H,7-8,13-14,16H2. The number of para-hydroxylation sites is 2. The van der Waals surface area contributed by atoms with Gasteiger partial charge in [0.05, 0.1) is 0 Å². The molecule has 0 aromatic heterocycles. The number of nitrogens with zero attached hydrogens (tertiary/aromatic N) is 2. The largest absolute Gasteiger partial charge is 0.307 e. The summed E-state index contributed by atoms with van der Waals surface area (Å²) in [6.07, 6.45) is 2.49. The zero-order chi connectivity index (χ0) is 16.1. The first-order chi connectivity index (χ1) is 11.3. The van der Waals surface area contributed by atoms with Crippen molar-refractivity contribution < 1.29 is 9.36 Å². The van der Waals surface area contributed by atoms with E-state index in [1.807, 2.05) is 70.0 Å². The van der Waals surface area contributed by atoms with Crippen LogP contribution in [0.5, 0.6) is 0 Å². The van der Waals surface area contributed by atoms with Gasteiger partial charge in [0.2, 0.25) is 0 Å². The third kappa shape index (κ3) is 3.18. The Hall–Kier alpha value is -2.06. The molecule has 0 N–H and O–H groups in total. The first-order valence-electron chi connectivity index (χ1n) is 7.94. The van der Waals surface area contributed by atoms with Crippen LogP contribution in [0.4, 0.5) is 11.4 Å². The molecule has 0 unspecified atom stereocenters. The monoisotopic (exact) mass is 328 g/mol. The van der Waals surface area contributed by atoms with Crippen LogP contribution in [0.2, 0.25) is 0 Å². The van der Waals surface area contributed by atoms with Crippen LogP contribution < -0.4 is 9.34 Å². The Labute approximate surface area is 137 Å². The molecule has 1 fully saturated rings. The highest BCUT2D eigenvalue weighted by molar-refractivity contribution is 7.67. The third-order valence-corrected chi connectivity index (χ3v) is 7.35. The van der Waals surface area contributed by atoms with Crippen molar-refractivity contribution in [1.82, 2.24) is 0 Å². The first-order valence-corrected chi connectivity index (χ1v) is 9.74. The minimum Gasteiger partial charge on any atom is -0.307 e. The van der Waals surface area contributed by atoms with Gasteiger partial charge in [-0.3, -0.25) is 4.57 Å². The van der Waals surface area contributed by atoms with Crippen molar-refractivity contribution in [3.05, 3.63) is 60.7 Å². The van der Waals surface area contributed by atoms with E-state index in [9.17, 15) is 9.36 Å². The van der Waals surface area contributed by atoms with Crippen LogP contribution in [0.1, 0.15) is 12.8 Å². The molecule has 5 heteroatoms. The second-order valence-electron chi connectivity index (χ2n) is 5.61. The molecule has 3 rings (SSSR count). The predicted octanol–water partition coefficient (Wildman–Crippen LogP) is 4.19. The zero-order valence-corrected chi connectivity index (χ0v) is 13.9. The fraction of sp³-hybridized carbons (Fsp3) is 0.278. The molecule has 4 nitrogen and oxygen atoms in total. The van der Waals surface area contributed by atoms with Crippen molar-refractivity contribution >= 4 is 25.1 Å². The molecule has 1 aliphatic rings. The molecule has 120 valence electrons. The molecule has 2 aromatic carbocycles. The molecule has 0 aliphatic carbocycles. The lowest BCUT2D eigenvalue weighted by molar-refractivity contribution is -0.107. The van der Waals surface area contributed by atoms with Gasteiger partial charge in [-0.05, 0) is 30.7 Å². The van der Waals surface area contributed by atoms with E-state index in [1.165, 1.54) is 0 Å². The maximum absolute atomic E-state index is 13.9. The Kier molecular flexibility index (Phi) is 4.82. The van der Waals surface area contributed by atoms with Gasteiger partial charge >= 0.3 is 0 Å². The van der Waals surface area contributed by atoms with Crippen molar-refractivity contribution in [1.29, 1.82) is 0 Å². The normalized spacial score (nSPS) is 17.0. The molecule has 0 radical (unpaired) electrons. The van der Waals surface area contributed by atoms with Crippen molar-refractivity contribution in [2.45, 2.75) is 12.8 Å². The average Bonchev–Trinajstić information content (AvgIpc) is 2.61. The van der Waals surface area contributed by atoms with E-state index in [2.05, 4.69) is 0 Å². The number of carbonyl (C=O) groups excluding carboxylic acids is 1. The van der Waals surface area contributed by atoms with Crippen LogP contribution in [-0.4, -0.2) is 25.5 Å². The van der Waals surface area contributed by atoms with Gasteiger partial charge in [-0.2, -0.15) is 0 Å². The Balaban J connectivity index is 2.02. The number of rotatable bonds is 5. The number of benzene rings is 2. The van der Waals surface area contributed by atoms with Gasteiger partial charge in [0.25, 0.3) is 7.44 Å². The SMILES string of the molecule is O=CCCP1(=O)N(c2ccccc2)CCCN1c1ccccc1. The van der Waals surface area contributed by atoms with E-state index in [-0.39, 0.29) is 0 Å². The maximum Gasteiger partial charge on any atom is 0.263 e. The lowest BCUT2D eigenvalue weighted by Gasteiger charge is -2.45. The Morgan fingerprint density at radius 2 is 1.35 bits per heavy atom. The number of hydrogen-bond acceptors (Lipinski definition) is 2. The lowest BCUT2D eigenvalue weighted by Crippen LogP contribution is -2.40.